The summed E-state index contributed by atoms with van der Waals surface area (Å²) >= 11 is 0. The Balaban J connectivity index is 0.997. The van der Waals surface area contributed by atoms with Crippen LogP contribution in [-0.2, 0) is 0 Å². The summed E-state index contributed by atoms with van der Waals surface area (Å²) in [5.41, 5.74) is 22.1. The zero-order valence-electron chi connectivity index (χ0n) is 47.7. The van der Waals surface area contributed by atoms with E-state index in [-0.39, 0.29) is 23.7 Å². The summed E-state index contributed by atoms with van der Waals surface area (Å²) < 4.78 is 26.0. The van der Waals surface area contributed by atoms with Crippen molar-refractivity contribution in [1.82, 2.24) is 24.1 Å². The van der Waals surface area contributed by atoms with Crippen molar-refractivity contribution in [2.24, 2.45) is 0 Å². The van der Waals surface area contributed by atoms with Crippen LogP contribution in [0, 0.1) is 6.92 Å². The van der Waals surface area contributed by atoms with Crippen molar-refractivity contribution < 1.29 is 13.6 Å². The first-order chi connectivity index (χ1) is 39.9. The van der Waals surface area contributed by atoms with Crippen LogP contribution in [0.15, 0.2) is 203 Å². The minimum atomic E-state index is 0.174. The summed E-state index contributed by atoms with van der Waals surface area (Å²) in [4.78, 5) is 16.0. The number of para-hydroxylation sites is 4. The van der Waals surface area contributed by atoms with Crippen LogP contribution < -0.4 is 4.74 Å². The molecule has 0 aliphatic carbocycles. The van der Waals surface area contributed by atoms with E-state index in [1.165, 1.54) is 50.2 Å². The lowest BCUT2D eigenvalue weighted by atomic mass is 9.88. The lowest BCUT2D eigenvalue weighted by Gasteiger charge is -2.24. The third-order valence-corrected chi connectivity index (χ3v) is 16.3. The Hall–Kier alpha value is -9.53. The molecule has 0 saturated heterocycles. The highest BCUT2D eigenvalue weighted by molar-refractivity contribution is 6.23. The summed E-state index contributed by atoms with van der Waals surface area (Å²) in [7, 11) is 0. The number of aromatic nitrogens is 5. The predicted molar refractivity (Wildman–Crippen MR) is 337 cm³/mol. The molecule has 0 fully saturated rings. The molecule has 0 amide bonds. The summed E-state index contributed by atoms with van der Waals surface area (Å²) in [6, 6.07) is 68.5. The van der Waals surface area contributed by atoms with Gasteiger partial charge in [0.1, 0.15) is 45.4 Å². The van der Waals surface area contributed by atoms with E-state index in [9.17, 15) is 0 Å². The van der Waals surface area contributed by atoms with Gasteiger partial charge in [-0.1, -0.05) is 152 Å². The molecule has 82 heavy (non-hydrogen) atoms. The summed E-state index contributed by atoms with van der Waals surface area (Å²) in [6.07, 6.45) is 0. The number of aryl methyl sites for hydroxylation is 1. The van der Waals surface area contributed by atoms with Crippen LogP contribution in [0.1, 0.15) is 107 Å². The molecule has 0 N–H and O–H groups in total. The van der Waals surface area contributed by atoms with E-state index >= 15 is 0 Å². The van der Waals surface area contributed by atoms with Crippen LogP contribution in [-0.4, -0.2) is 24.1 Å². The largest absolute Gasteiger partial charge is 0.457 e. The highest BCUT2D eigenvalue weighted by Gasteiger charge is 2.29. The number of imidazole rings is 2. The first-order valence-electron chi connectivity index (χ1n) is 28.8. The molecular formula is C74H63N5O3. The normalized spacial score (nSPS) is 12.2. The van der Waals surface area contributed by atoms with E-state index < -0.39 is 0 Å². The zero-order valence-corrected chi connectivity index (χ0v) is 47.7. The minimum Gasteiger partial charge on any atom is -0.457 e. The van der Waals surface area contributed by atoms with Crippen molar-refractivity contribution in [2.45, 2.75) is 86.0 Å². The fourth-order valence-corrected chi connectivity index (χ4v) is 12.3. The van der Waals surface area contributed by atoms with Gasteiger partial charge in [-0.15, -0.1) is 0 Å². The number of furan rings is 2. The number of rotatable bonds is 12. The van der Waals surface area contributed by atoms with Gasteiger partial charge in [0.15, 0.2) is 5.58 Å². The van der Waals surface area contributed by atoms with Crippen LogP contribution in [0.2, 0.25) is 0 Å². The molecule has 0 aliphatic rings. The topological polar surface area (TPSA) is 84.0 Å². The van der Waals surface area contributed by atoms with Crippen molar-refractivity contribution in [3.05, 3.63) is 222 Å². The standard InChI is InChI=1S/C74H63N5O3/c1-42(2)55-36-50(47-21-12-10-13-22-47)37-56(43(3)4)69(55)78-63-29-18-16-27-61(63)76-73(78)49-25-20-26-52(35-49)80-53-40-59-67-65(34-32-54-68-66(82-72(54)67)33-31-46(9)75-68)81-71(59)60(41-53)74-77-62-28-17-19-30-64(62)79(74)70-57(44(5)6)38-51(39-58(70)45(7)8)48-23-14-11-15-24-48/h10-45H,1-9H3. The fourth-order valence-electron chi connectivity index (χ4n) is 12.3. The Bertz CT molecular complexity index is 4740. The van der Waals surface area contributed by atoms with Gasteiger partial charge in [-0.25, -0.2) is 15.0 Å². The molecular weight excluding hydrogens is 1010 g/mol. The first-order valence-corrected chi connectivity index (χ1v) is 28.8. The lowest BCUT2D eigenvalue weighted by Crippen LogP contribution is -2.09. The lowest BCUT2D eigenvalue weighted by molar-refractivity contribution is 0.483. The maximum absolute atomic E-state index is 7.27. The number of fused-ring (bicyclic) bond motifs is 9. The molecule has 0 radical (unpaired) electrons. The number of pyridine rings is 1. The van der Waals surface area contributed by atoms with Crippen molar-refractivity contribution in [3.63, 3.8) is 0 Å². The van der Waals surface area contributed by atoms with Crippen molar-refractivity contribution in [3.8, 4) is 67.9 Å². The zero-order chi connectivity index (χ0) is 56.1. The molecule has 0 saturated carbocycles. The summed E-state index contributed by atoms with van der Waals surface area (Å²) in [5.74, 6) is 3.65. The molecule has 14 rings (SSSR count). The van der Waals surface area contributed by atoms with Gasteiger partial charge < -0.3 is 13.6 Å². The van der Waals surface area contributed by atoms with Gasteiger partial charge in [0.2, 0.25) is 0 Å². The second-order valence-corrected chi connectivity index (χ2v) is 23.2. The van der Waals surface area contributed by atoms with E-state index in [1.54, 1.807) is 0 Å². The molecule has 5 aromatic heterocycles. The fraction of sp³-hybridized carbons (Fsp3) is 0.176. The Kier molecular flexibility index (Phi) is 12.3. The maximum atomic E-state index is 7.27. The Morgan fingerprint density at radius 2 is 0.890 bits per heavy atom. The second-order valence-electron chi connectivity index (χ2n) is 23.2. The number of hydrogen-bond acceptors (Lipinski definition) is 6. The third-order valence-electron chi connectivity index (χ3n) is 16.3. The molecule has 0 aliphatic heterocycles. The quantitative estimate of drug-likeness (QED) is 0.121. The molecule has 0 bridgehead atoms. The molecule has 0 atom stereocenters. The van der Waals surface area contributed by atoms with Crippen LogP contribution in [0.4, 0.5) is 0 Å². The highest BCUT2D eigenvalue weighted by atomic mass is 16.5. The Morgan fingerprint density at radius 3 is 1.46 bits per heavy atom. The average molecular weight is 1070 g/mol. The molecule has 0 spiro atoms. The average Bonchev–Trinajstić information content (AvgIpc) is 3.71. The van der Waals surface area contributed by atoms with Crippen LogP contribution in [0.3, 0.4) is 0 Å². The molecule has 0 unspecified atom stereocenters. The van der Waals surface area contributed by atoms with Crippen LogP contribution in [0.25, 0.3) is 122 Å². The van der Waals surface area contributed by atoms with E-state index in [4.69, 9.17) is 28.5 Å². The van der Waals surface area contributed by atoms with Crippen molar-refractivity contribution in [2.75, 3.05) is 0 Å². The van der Waals surface area contributed by atoms with Crippen LogP contribution >= 0.6 is 0 Å². The van der Waals surface area contributed by atoms with Gasteiger partial charge in [-0.2, -0.15) is 0 Å². The summed E-state index contributed by atoms with van der Waals surface area (Å²) in [6.45, 7) is 20.3. The van der Waals surface area contributed by atoms with Gasteiger partial charge in [-0.3, -0.25) is 9.13 Å². The molecule has 8 heteroatoms. The van der Waals surface area contributed by atoms with E-state index in [0.29, 0.717) is 33.8 Å². The first kappa shape index (κ1) is 50.7. The molecule has 8 nitrogen and oxygen atoms in total. The maximum Gasteiger partial charge on any atom is 0.153 e. The number of benzene rings is 9. The smallest absolute Gasteiger partial charge is 0.153 e. The van der Waals surface area contributed by atoms with E-state index in [0.717, 1.165) is 77.9 Å². The van der Waals surface area contributed by atoms with Crippen LogP contribution in [0.5, 0.6) is 11.5 Å². The number of nitrogens with zero attached hydrogens (tertiary/aromatic N) is 5. The van der Waals surface area contributed by atoms with Gasteiger partial charge in [0, 0.05) is 22.0 Å². The van der Waals surface area contributed by atoms with Gasteiger partial charge in [0.25, 0.3) is 0 Å². The third kappa shape index (κ3) is 8.46. The minimum absolute atomic E-state index is 0.174. The predicted octanol–water partition coefficient (Wildman–Crippen LogP) is 20.8. The Labute approximate surface area is 477 Å². The van der Waals surface area contributed by atoms with E-state index in [1.807, 2.05) is 31.2 Å². The molecule has 14 aromatic rings. The monoisotopic (exact) mass is 1070 g/mol. The van der Waals surface area contributed by atoms with Gasteiger partial charge in [-0.05, 0) is 172 Å². The van der Waals surface area contributed by atoms with E-state index in [2.05, 4.69) is 234 Å². The molecule has 9 aromatic carbocycles. The van der Waals surface area contributed by atoms with Crippen molar-refractivity contribution >= 4 is 66.1 Å². The molecule has 5 heterocycles. The van der Waals surface area contributed by atoms with Gasteiger partial charge >= 0.3 is 0 Å². The SMILES string of the molecule is Cc1ccc2oc3c(ccc4oc5c(-c6nc7ccccc7n6-c6c(C(C)C)cc(-c7ccccc7)cc6C(C)C)cc(Oc6cccc(-c7nc8ccccc8n7-c7c(C(C)C)cc(-c8ccccc8)cc7C(C)C)c6)cc5c43)c2n1. The summed E-state index contributed by atoms with van der Waals surface area (Å²) in [5, 5.41) is 2.61. The number of hydrogen-bond donors (Lipinski definition) is 0. The second kappa shape index (κ2) is 19.9. The van der Waals surface area contributed by atoms with Crippen molar-refractivity contribution in [1.29, 1.82) is 0 Å². The Morgan fingerprint density at radius 1 is 0.390 bits per heavy atom. The molecule has 402 valence electrons. The number of ether oxygens (including phenoxy) is 1. The highest BCUT2D eigenvalue weighted by Crippen LogP contribution is 2.48. The van der Waals surface area contributed by atoms with Gasteiger partial charge in [0.05, 0.1) is 44.4 Å².